The van der Waals surface area contributed by atoms with Gasteiger partial charge in [0.15, 0.2) is 0 Å². The Labute approximate surface area is 222 Å². The van der Waals surface area contributed by atoms with Gasteiger partial charge in [0.1, 0.15) is 0 Å². The van der Waals surface area contributed by atoms with Crippen LogP contribution in [0.5, 0.6) is 0 Å². The van der Waals surface area contributed by atoms with Gasteiger partial charge in [0, 0.05) is 10.6 Å². The van der Waals surface area contributed by atoms with Crippen molar-refractivity contribution in [3.63, 3.8) is 0 Å². The maximum absolute atomic E-state index is 12.9. The van der Waals surface area contributed by atoms with Crippen LogP contribution in [0, 0.1) is 23.2 Å². The molecule has 0 amide bonds. The van der Waals surface area contributed by atoms with Crippen LogP contribution in [0.3, 0.4) is 0 Å². The fourth-order valence-corrected chi connectivity index (χ4v) is 7.87. The fraction of sp³-hybridized carbons (Fsp3) is 0.625. The summed E-state index contributed by atoms with van der Waals surface area (Å²) in [5, 5.41) is 1.14. The zero-order valence-electron chi connectivity index (χ0n) is 23.4. The van der Waals surface area contributed by atoms with E-state index in [1.165, 1.54) is 62.5 Å². The monoisotopic (exact) mass is 514 g/mol. The Hall–Kier alpha value is -0.980. The Morgan fingerprint density at radius 1 is 1.11 bits per heavy atom. The van der Waals surface area contributed by atoms with Gasteiger partial charge in [-0.3, -0.25) is 4.21 Å². The Morgan fingerprint density at radius 3 is 2.40 bits per heavy atom. The molecule has 3 rings (SSSR count). The van der Waals surface area contributed by atoms with Gasteiger partial charge in [-0.1, -0.05) is 90.0 Å². The summed E-state index contributed by atoms with van der Waals surface area (Å²) >= 11 is 0. The normalized spacial score (nSPS) is 27.7. The summed E-state index contributed by atoms with van der Waals surface area (Å²) in [6.07, 6.45) is 15.9. The van der Waals surface area contributed by atoms with Crippen LogP contribution in [-0.4, -0.2) is 9.96 Å². The van der Waals surface area contributed by atoms with Crippen LogP contribution in [0.25, 0.3) is 0 Å². The first-order chi connectivity index (χ1) is 16.8. The molecule has 5 unspecified atom stereocenters. The van der Waals surface area contributed by atoms with Gasteiger partial charge in [0.05, 0.1) is 10.8 Å². The number of rotatable bonds is 8. The predicted octanol–water partition coefficient (Wildman–Crippen LogP) is 9.18. The van der Waals surface area contributed by atoms with E-state index in [1.807, 2.05) is 38.1 Å². The lowest BCUT2D eigenvalue weighted by Gasteiger charge is -2.49. The summed E-state index contributed by atoms with van der Waals surface area (Å²) in [6, 6.07) is 8.09. The molecule has 0 radical (unpaired) electrons. The Bertz CT molecular complexity index is 897. The first-order valence-electron chi connectivity index (χ1n) is 14.1. The maximum atomic E-state index is 12.9. The van der Waals surface area contributed by atoms with Gasteiger partial charge in [-0.25, -0.2) is 0 Å². The molecule has 2 aliphatic rings. The second kappa shape index (κ2) is 14.7. The quantitative estimate of drug-likeness (QED) is 0.316. The van der Waals surface area contributed by atoms with Gasteiger partial charge in [0.25, 0.3) is 0 Å². The van der Waals surface area contributed by atoms with Gasteiger partial charge < -0.3 is 0 Å². The first kappa shape index (κ1) is 30.2. The zero-order valence-corrected chi connectivity index (χ0v) is 25.3. The van der Waals surface area contributed by atoms with Crippen molar-refractivity contribution < 1.29 is 4.21 Å². The highest BCUT2D eigenvalue weighted by molar-refractivity contribution is 7.85. The van der Waals surface area contributed by atoms with E-state index in [0.717, 1.165) is 22.4 Å². The van der Waals surface area contributed by atoms with Crippen LogP contribution in [-0.2, 0) is 10.8 Å². The minimum absolute atomic E-state index is 0.308. The lowest BCUT2D eigenvalue weighted by molar-refractivity contribution is 0.0459. The molecule has 1 aromatic carbocycles. The minimum Gasteiger partial charge on any atom is -0.254 e. The third kappa shape index (κ3) is 8.00. The van der Waals surface area contributed by atoms with Crippen LogP contribution in [0.2, 0.25) is 0 Å². The van der Waals surface area contributed by atoms with E-state index in [0.29, 0.717) is 23.2 Å². The van der Waals surface area contributed by atoms with Crippen molar-refractivity contribution in [2.45, 2.75) is 104 Å². The zero-order chi connectivity index (χ0) is 26.0. The van der Waals surface area contributed by atoms with Crippen LogP contribution >= 0.6 is 9.24 Å². The molecule has 0 heterocycles. The highest BCUT2D eigenvalue weighted by Gasteiger charge is 2.43. The molecule has 0 saturated heterocycles. The first-order valence-corrected chi connectivity index (χ1v) is 16.0. The Morgan fingerprint density at radius 2 is 1.77 bits per heavy atom. The molecule has 2 fully saturated rings. The second-order valence-electron chi connectivity index (χ2n) is 10.7. The lowest BCUT2D eigenvalue weighted by atomic mass is 9.56. The van der Waals surface area contributed by atoms with Gasteiger partial charge in [-0.05, 0) is 97.5 Å². The third-order valence-electron chi connectivity index (χ3n) is 8.73. The van der Waals surface area contributed by atoms with Crippen molar-refractivity contribution >= 4 is 25.3 Å². The number of hydrogen-bond acceptors (Lipinski definition) is 1. The lowest BCUT2D eigenvalue weighted by Crippen LogP contribution is -2.40. The number of benzene rings is 1. The summed E-state index contributed by atoms with van der Waals surface area (Å²) in [5.74, 6) is 2.57. The molecule has 0 aromatic heterocycles. The molecule has 1 nitrogen and oxygen atoms in total. The summed E-state index contributed by atoms with van der Waals surface area (Å²) < 4.78 is 12.9. The van der Waals surface area contributed by atoms with E-state index in [-0.39, 0.29) is 0 Å². The SMILES string of the molecule is C=C1CCCC/C1=C/C=C1\CCCC(C)(C(CC)[C@H](C)CCS(=O)c2ccc(P)cc2)C1C.CC. The van der Waals surface area contributed by atoms with Crippen molar-refractivity contribution in [1.82, 2.24) is 0 Å². The highest BCUT2D eigenvalue weighted by Crippen LogP contribution is 2.52. The highest BCUT2D eigenvalue weighted by atomic mass is 32.2. The molecule has 0 spiro atoms. The molecule has 2 saturated carbocycles. The van der Waals surface area contributed by atoms with E-state index in [4.69, 9.17) is 0 Å². The molecule has 6 atom stereocenters. The molecular formula is C32H51OPS. The topological polar surface area (TPSA) is 17.1 Å². The van der Waals surface area contributed by atoms with Crippen molar-refractivity contribution in [2.75, 3.05) is 5.75 Å². The average molecular weight is 515 g/mol. The van der Waals surface area contributed by atoms with E-state index >= 15 is 0 Å². The molecule has 0 bridgehead atoms. The molecule has 0 aliphatic heterocycles. The standard InChI is InChI=1S/C30H45OPS.C2H6/c1-6-29(23(3)19-21-33(31)28-17-15-27(32)16-18-28)30(5)20-9-12-26(24(30)4)14-13-25-11-8-7-10-22(25)2;1-2/h13-18,23-24,29H,2,6-12,19-21,32H2,1,3-5H3;1-2H3/b25-13-,26-14+;/t23-,24?,29?,30?,33?;/m1./s1. The van der Waals surface area contributed by atoms with Gasteiger partial charge in [0.2, 0.25) is 0 Å². The van der Waals surface area contributed by atoms with Crippen LogP contribution in [0.4, 0.5) is 0 Å². The summed E-state index contributed by atoms with van der Waals surface area (Å²) in [4.78, 5) is 0.959. The van der Waals surface area contributed by atoms with E-state index in [9.17, 15) is 4.21 Å². The van der Waals surface area contributed by atoms with Crippen molar-refractivity contribution in [2.24, 2.45) is 23.2 Å². The summed E-state index contributed by atoms with van der Waals surface area (Å²) in [6.45, 7) is 18.1. The van der Waals surface area contributed by atoms with Gasteiger partial charge >= 0.3 is 0 Å². The van der Waals surface area contributed by atoms with E-state index in [2.05, 4.69) is 55.7 Å². The average Bonchev–Trinajstić information content (AvgIpc) is 2.86. The molecule has 35 heavy (non-hydrogen) atoms. The summed E-state index contributed by atoms with van der Waals surface area (Å²) in [7, 11) is 1.79. The molecular weight excluding hydrogens is 463 g/mol. The Kier molecular flexibility index (Phi) is 12.7. The molecule has 1 aromatic rings. The van der Waals surface area contributed by atoms with Gasteiger partial charge in [-0.2, -0.15) is 0 Å². The van der Waals surface area contributed by atoms with Crippen molar-refractivity contribution in [3.8, 4) is 0 Å². The molecule has 3 heteroatoms. The third-order valence-corrected chi connectivity index (χ3v) is 10.5. The molecule has 196 valence electrons. The van der Waals surface area contributed by atoms with Crippen LogP contribution < -0.4 is 5.30 Å². The van der Waals surface area contributed by atoms with Gasteiger partial charge in [-0.15, -0.1) is 9.24 Å². The second-order valence-corrected chi connectivity index (χ2v) is 13.0. The van der Waals surface area contributed by atoms with Crippen molar-refractivity contribution in [3.05, 3.63) is 59.7 Å². The largest absolute Gasteiger partial charge is 0.254 e. The Balaban J connectivity index is 0.00000210. The van der Waals surface area contributed by atoms with Crippen molar-refractivity contribution in [1.29, 1.82) is 0 Å². The van der Waals surface area contributed by atoms with Crippen LogP contribution in [0.15, 0.2) is 64.6 Å². The smallest absolute Gasteiger partial charge is 0.0529 e. The predicted molar refractivity (Wildman–Crippen MR) is 161 cm³/mol. The maximum Gasteiger partial charge on any atom is 0.0529 e. The molecule has 2 aliphatic carbocycles. The van der Waals surface area contributed by atoms with E-state index in [1.54, 1.807) is 5.57 Å². The van der Waals surface area contributed by atoms with Crippen LogP contribution in [0.1, 0.15) is 99.3 Å². The summed E-state index contributed by atoms with van der Waals surface area (Å²) in [5.41, 5.74) is 4.76. The number of hydrogen-bond donors (Lipinski definition) is 0. The van der Waals surface area contributed by atoms with E-state index < -0.39 is 10.8 Å². The molecule has 0 N–H and O–H groups in total. The fourth-order valence-electron chi connectivity index (χ4n) is 6.41. The number of allylic oxidation sites excluding steroid dienone is 5. The minimum atomic E-state index is -0.911.